The molecule has 1 atom stereocenters. The van der Waals surface area contributed by atoms with Gasteiger partial charge in [-0.2, -0.15) is 0 Å². The molecule has 2 N–H and O–H groups in total. The van der Waals surface area contributed by atoms with Crippen LogP contribution in [0.25, 0.3) is 0 Å². The minimum atomic E-state index is -2.65. The van der Waals surface area contributed by atoms with E-state index in [1.54, 1.807) is 0 Å². The molecule has 0 spiro atoms. The van der Waals surface area contributed by atoms with Gasteiger partial charge in [0.15, 0.2) is 0 Å². The van der Waals surface area contributed by atoms with Crippen molar-refractivity contribution in [3.8, 4) is 0 Å². The zero-order valence-corrected chi connectivity index (χ0v) is 12.6. The van der Waals surface area contributed by atoms with Crippen molar-refractivity contribution >= 4 is 8.80 Å². The van der Waals surface area contributed by atoms with E-state index in [-0.39, 0.29) is 13.2 Å². The van der Waals surface area contributed by atoms with Gasteiger partial charge in [-0.1, -0.05) is 0 Å². The highest BCUT2D eigenvalue weighted by Gasteiger charge is 2.39. The van der Waals surface area contributed by atoms with E-state index in [4.69, 9.17) is 28.2 Å². The molecule has 0 radical (unpaired) electrons. The van der Waals surface area contributed by atoms with Gasteiger partial charge in [-0.15, -0.1) is 0 Å². The first-order valence-corrected chi connectivity index (χ1v) is 8.35. The summed E-state index contributed by atoms with van der Waals surface area (Å²) >= 11 is 0. The van der Waals surface area contributed by atoms with E-state index in [9.17, 15) is 0 Å². The summed E-state index contributed by atoms with van der Waals surface area (Å²) < 4.78 is 22.2. The molecule has 0 saturated carbocycles. The Bertz CT molecular complexity index is 175. The van der Waals surface area contributed by atoms with Crippen molar-refractivity contribution in [2.45, 2.75) is 32.9 Å². The highest BCUT2D eigenvalue weighted by Crippen LogP contribution is 2.16. The normalized spacial score (nSPS) is 13.8. The lowest BCUT2D eigenvalue weighted by molar-refractivity contribution is 0.00307. The predicted octanol–water partition coefficient (Wildman–Crippen LogP) is 0.405. The van der Waals surface area contributed by atoms with Gasteiger partial charge < -0.3 is 28.2 Å². The second-order valence-electron chi connectivity index (χ2n) is 3.64. The summed E-state index contributed by atoms with van der Waals surface area (Å²) in [7, 11) is -2.65. The van der Waals surface area contributed by atoms with Crippen LogP contribution in [0.1, 0.15) is 20.8 Å². The van der Waals surface area contributed by atoms with Crippen LogP contribution in [-0.2, 0) is 18.0 Å². The van der Waals surface area contributed by atoms with Crippen LogP contribution in [0.15, 0.2) is 0 Å². The molecule has 0 aliphatic rings. The van der Waals surface area contributed by atoms with E-state index in [0.29, 0.717) is 32.5 Å². The molecule has 0 bridgehead atoms. The smallest absolute Gasteiger partial charge is 0.394 e. The fourth-order valence-electron chi connectivity index (χ4n) is 1.47. The molecule has 0 aromatic rings. The van der Waals surface area contributed by atoms with Gasteiger partial charge in [0.25, 0.3) is 0 Å². The second-order valence-corrected chi connectivity index (χ2v) is 6.38. The third-order valence-corrected chi connectivity index (χ3v) is 5.17. The van der Waals surface area contributed by atoms with Crippen molar-refractivity contribution in [2.75, 3.05) is 39.6 Å². The van der Waals surface area contributed by atoms with Crippen LogP contribution in [0, 0.1) is 0 Å². The number of rotatable bonds is 12. The first kappa shape index (κ1) is 18.0. The third kappa shape index (κ3) is 7.42. The molecule has 0 rings (SSSR count). The van der Waals surface area contributed by atoms with E-state index in [1.165, 1.54) is 0 Å². The van der Waals surface area contributed by atoms with Gasteiger partial charge in [0, 0.05) is 25.9 Å². The number of aliphatic hydroxyl groups is 2. The summed E-state index contributed by atoms with van der Waals surface area (Å²) in [6.07, 6.45) is -0.840. The molecule has 0 aliphatic carbocycles. The molecule has 7 heteroatoms. The van der Waals surface area contributed by atoms with E-state index in [1.807, 2.05) is 20.8 Å². The average Bonchev–Trinajstić information content (AvgIpc) is 2.35. The standard InChI is InChI=1S/C11H26O6Si/c1-4-15-18(16-5-2,17-6-3)8-7-14-10-11(13)9-12/h11-13H,4-10H2,1-3H3. The zero-order chi connectivity index (χ0) is 13.9. The lowest BCUT2D eigenvalue weighted by Crippen LogP contribution is -2.47. The minimum absolute atomic E-state index is 0.103. The van der Waals surface area contributed by atoms with Crippen LogP contribution in [0.4, 0.5) is 0 Å². The maximum atomic E-state index is 9.14. The molecule has 6 nitrogen and oxygen atoms in total. The van der Waals surface area contributed by atoms with Gasteiger partial charge >= 0.3 is 8.80 Å². The zero-order valence-electron chi connectivity index (χ0n) is 11.6. The first-order valence-electron chi connectivity index (χ1n) is 6.42. The van der Waals surface area contributed by atoms with Gasteiger partial charge in [-0.05, 0) is 20.8 Å². The Labute approximate surface area is 110 Å². The SMILES string of the molecule is CCO[Si](CCOCC(O)CO)(OCC)OCC. The third-order valence-electron chi connectivity index (χ3n) is 2.17. The number of hydrogen-bond acceptors (Lipinski definition) is 6. The molecular formula is C11H26O6Si. The Kier molecular flexibility index (Phi) is 10.8. The quantitative estimate of drug-likeness (QED) is 0.399. The van der Waals surface area contributed by atoms with Gasteiger partial charge in [0.1, 0.15) is 6.10 Å². The van der Waals surface area contributed by atoms with E-state index >= 15 is 0 Å². The van der Waals surface area contributed by atoms with Crippen molar-refractivity contribution in [3.05, 3.63) is 0 Å². The van der Waals surface area contributed by atoms with Crippen molar-refractivity contribution in [1.82, 2.24) is 0 Å². The van der Waals surface area contributed by atoms with E-state index in [0.717, 1.165) is 0 Å². The molecule has 0 saturated heterocycles. The summed E-state index contributed by atoms with van der Waals surface area (Å²) in [5.74, 6) is 0. The fourth-order valence-corrected chi connectivity index (χ4v) is 3.87. The summed E-state index contributed by atoms with van der Waals surface area (Å²) in [5, 5.41) is 17.8. The number of hydrogen-bond donors (Lipinski definition) is 2. The molecule has 0 aliphatic heterocycles. The summed E-state index contributed by atoms with van der Waals surface area (Å²) in [6, 6.07) is 0.542. The molecular weight excluding hydrogens is 256 g/mol. The lowest BCUT2D eigenvalue weighted by Gasteiger charge is -2.28. The molecule has 0 heterocycles. The Morgan fingerprint density at radius 3 is 1.89 bits per heavy atom. The van der Waals surface area contributed by atoms with Gasteiger partial charge in [0.05, 0.1) is 19.8 Å². The molecule has 0 fully saturated rings. The molecule has 0 amide bonds. The van der Waals surface area contributed by atoms with Crippen LogP contribution in [-0.4, -0.2) is 64.8 Å². The summed E-state index contributed by atoms with van der Waals surface area (Å²) in [4.78, 5) is 0. The Morgan fingerprint density at radius 2 is 1.50 bits per heavy atom. The van der Waals surface area contributed by atoms with Crippen LogP contribution < -0.4 is 0 Å². The number of aliphatic hydroxyl groups excluding tert-OH is 2. The maximum Gasteiger partial charge on any atom is 0.503 e. The second kappa shape index (κ2) is 10.9. The topological polar surface area (TPSA) is 77.4 Å². The van der Waals surface area contributed by atoms with Crippen molar-refractivity contribution < 1.29 is 28.2 Å². The lowest BCUT2D eigenvalue weighted by atomic mass is 10.4. The van der Waals surface area contributed by atoms with E-state index in [2.05, 4.69) is 0 Å². The van der Waals surface area contributed by atoms with Crippen LogP contribution in [0.2, 0.25) is 6.04 Å². The van der Waals surface area contributed by atoms with Gasteiger partial charge in [-0.3, -0.25) is 0 Å². The molecule has 18 heavy (non-hydrogen) atoms. The highest BCUT2D eigenvalue weighted by atomic mass is 28.4. The molecule has 0 aromatic carbocycles. The molecule has 110 valence electrons. The van der Waals surface area contributed by atoms with Crippen LogP contribution in [0.5, 0.6) is 0 Å². The van der Waals surface area contributed by atoms with Crippen molar-refractivity contribution in [1.29, 1.82) is 0 Å². The van der Waals surface area contributed by atoms with Gasteiger partial charge in [0.2, 0.25) is 0 Å². The fraction of sp³-hybridized carbons (Fsp3) is 1.00. The predicted molar refractivity (Wildman–Crippen MR) is 69.4 cm³/mol. The van der Waals surface area contributed by atoms with Crippen molar-refractivity contribution in [3.63, 3.8) is 0 Å². The monoisotopic (exact) mass is 282 g/mol. The minimum Gasteiger partial charge on any atom is -0.394 e. The van der Waals surface area contributed by atoms with E-state index < -0.39 is 14.9 Å². The number of ether oxygens (including phenoxy) is 1. The molecule has 0 aromatic heterocycles. The first-order chi connectivity index (χ1) is 8.64. The van der Waals surface area contributed by atoms with Crippen molar-refractivity contribution in [2.24, 2.45) is 0 Å². The largest absolute Gasteiger partial charge is 0.503 e. The maximum absolute atomic E-state index is 9.14. The Hall–Kier alpha value is -0.0231. The molecule has 1 unspecified atom stereocenters. The van der Waals surface area contributed by atoms with Crippen LogP contribution >= 0.6 is 0 Å². The summed E-state index contributed by atoms with van der Waals surface area (Å²) in [6.45, 7) is 7.48. The Balaban J connectivity index is 4.12. The Morgan fingerprint density at radius 1 is 1.00 bits per heavy atom. The van der Waals surface area contributed by atoms with Crippen LogP contribution in [0.3, 0.4) is 0 Å². The highest BCUT2D eigenvalue weighted by molar-refractivity contribution is 6.60. The van der Waals surface area contributed by atoms with Gasteiger partial charge in [-0.25, -0.2) is 0 Å². The summed E-state index contributed by atoms with van der Waals surface area (Å²) in [5.41, 5.74) is 0. The average molecular weight is 282 g/mol.